The fraction of sp³-hybridized carbons (Fsp3) is 0.381. The van der Waals surface area contributed by atoms with E-state index in [1.807, 2.05) is 18.2 Å². The molecule has 0 unspecified atom stereocenters. The second kappa shape index (κ2) is 9.61. The Morgan fingerprint density at radius 2 is 1.86 bits per heavy atom. The van der Waals surface area contributed by atoms with Gasteiger partial charge < -0.3 is 15.8 Å². The highest BCUT2D eigenvalue weighted by molar-refractivity contribution is 5.78. The molecule has 0 radical (unpaired) electrons. The molecule has 1 fully saturated rings. The lowest BCUT2D eigenvalue weighted by atomic mass is 9.95. The number of nitrogens with two attached hydrogens (primary N) is 1. The van der Waals surface area contributed by atoms with Crippen molar-refractivity contribution < 1.29 is 18.3 Å². The van der Waals surface area contributed by atoms with Crippen LogP contribution in [-0.4, -0.2) is 49.6 Å². The molecule has 3 rings (SSSR count). The minimum absolute atomic E-state index is 0.0178. The van der Waals surface area contributed by atoms with Gasteiger partial charge >= 0.3 is 6.61 Å². The summed E-state index contributed by atoms with van der Waals surface area (Å²) in [5.74, 6) is 0.322. The maximum Gasteiger partial charge on any atom is 0.387 e. The van der Waals surface area contributed by atoms with Gasteiger partial charge in [0.15, 0.2) is 0 Å². The number of carbonyl (C=O) groups excluding carboxylic acids is 1. The average Bonchev–Trinajstić information content (AvgIpc) is 3.03. The van der Waals surface area contributed by atoms with E-state index in [0.717, 1.165) is 12.1 Å². The summed E-state index contributed by atoms with van der Waals surface area (Å²) >= 11 is 0. The molecule has 7 heteroatoms. The molecule has 5 nitrogen and oxygen atoms in total. The van der Waals surface area contributed by atoms with E-state index in [0.29, 0.717) is 26.1 Å². The third-order valence-electron chi connectivity index (χ3n) is 4.92. The number of likely N-dealkylation sites (tertiary alicyclic amines) is 1. The fourth-order valence-electron chi connectivity index (χ4n) is 3.54. The van der Waals surface area contributed by atoms with Gasteiger partial charge in [-0.15, -0.1) is 0 Å². The van der Waals surface area contributed by atoms with Crippen LogP contribution >= 0.6 is 0 Å². The molecule has 0 spiro atoms. The molecule has 0 saturated carbocycles. The predicted molar refractivity (Wildman–Crippen MR) is 103 cm³/mol. The number of benzene rings is 2. The van der Waals surface area contributed by atoms with E-state index < -0.39 is 6.61 Å². The molecule has 150 valence electrons. The third-order valence-corrected chi connectivity index (χ3v) is 4.92. The second-order valence-electron chi connectivity index (χ2n) is 7.00. The van der Waals surface area contributed by atoms with Crippen LogP contribution in [0, 0.1) is 0 Å². The maximum absolute atomic E-state index is 12.2. The summed E-state index contributed by atoms with van der Waals surface area (Å²) in [7, 11) is 0. The van der Waals surface area contributed by atoms with Crippen molar-refractivity contribution in [2.75, 3.05) is 26.2 Å². The van der Waals surface area contributed by atoms with Crippen molar-refractivity contribution in [1.82, 2.24) is 10.2 Å². The largest absolute Gasteiger partial charge is 0.435 e. The van der Waals surface area contributed by atoms with Gasteiger partial charge in [0, 0.05) is 31.6 Å². The van der Waals surface area contributed by atoms with Crippen LogP contribution in [0.25, 0.3) is 0 Å². The Bertz CT molecular complexity index is 756. The van der Waals surface area contributed by atoms with Crippen LogP contribution in [-0.2, 0) is 11.2 Å². The molecule has 28 heavy (non-hydrogen) atoms. The van der Waals surface area contributed by atoms with Gasteiger partial charge in [-0.25, -0.2) is 0 Å². The topological polar surface area (TPSA) is 67.6 Å². The minimum atomic E-state index is -2.83. The fourth-order valence-corrected chi connectivity index (χ4v) is 3.54. The van der Waals surface area contributed by atoms with Gasteiger partial charge in [0.25, 0.3) is 0 Å². The summed E-state index contributed by atoms with van der Waals surface area (Å²) in [6, 6.07) is 16.6. The number of amides is 1. The van der Waals surface area contributed by atoms with E-state index in [1.165, 1.54) is 17.7 Å². The number of nitrogens with one attached hydrogen (secondary N) is 1. The quantitative estimate of drug-likeness (QED) is 0.728. The molecule has 0 bridgehead atoms. The first-order valence-electron chi connectivity index (χ1n) is 9.34. The summed E-state index contributed by atoms with van der Waals surface area (Å²) in [6.45, 7) is -0.568. The highest BCUT2D eigenvalue weighted by Crippen LogP contribution is 2.25. The Hall–Kier alpha value is -2.51. The van der Waals surface area contributed by atoms with Crippen LogP contribution in [0.1, 0.15) is 17.0 Å². The lowest BCUT2D eigenvalue weighted by Crippen LogP contribution is -2.38. The van der Waals surface area contributed by atoms with E-state index in [9.17, 15) is 13.6 Å². The first-order chi connectivity index (χ1) is 13.5. The number of nitrogens with zero attached hydrogens (tertiary/aromatic N) is 1. The normalized spacial score (nSPS) is 19.7. The minimum Gasteiger partial charge on any atom is -0.435 e. The molecule has 2 atom stereocenters. The van der Waals surface area contributed by atoms with Crippen LogP contribution in [0.2, 0.25) is 0 Å². The molecule has 1 saturated heterocycles. The van der Waals surface area contributed by atoms with Crippen molar-refractivity contribution in [3.63, 3.8) is 0 Å². The lowest BCUT2D eigenvalue weighted by molar-refractivity contribution is -0.122. The van der Waals surface area contributed by atoms with Crippen LogP contribution in [0.3, 0.4) is 0 Å². The van der Waals surface area contributed by atoms with Crippen molar-refractivity contribution in [3.8, 4) is 5.75 Å². The van der Waals surface area contributed by atoms with Gasteiger partial charge in [-0.2, -0.15) is 8.78 Å². The summed E-state index contributed by atoms with van der Waals surface area (Å²) in [5.41, 5.74) is 8.41. The Morgan fingerprint density at radius 1 is 1.14 bits per heavy atom. The van der Waals surface area contributed by atoms with Crippen LogP contribution < -0.4 is 15.8 Å². The molecule has 2 aromatic carbocycles. The molecule has 3 N–H and O–H groups in total. The van der Waals surface area contributed by atoms with Gasteiger partial charge in [0.1, 0.15) is 5.75 Å². The smallest absolute Gasteiger partial charge is 0.387 e. The van der Waals surface area contributed by atoms with Crippen LogP contribution in [0.5, 0.6) is 5.75 Å². The van der Waals surface area contributed by atoms with E-state index in [-0.39, 0.29) is 23.6 Å². The van der Waals surface area contributed by atoms with E-state index in [2.05, 4.69) is 27.1 Å². The van der Waals surface area contributed by atoms with Crippen molar-refractivity contribution in [2.45, 2.75) is 25.0 Å². The number of hydrogen-bond acceptors (Lipinski definition) is 4. The number of hydrogen-bond donors (Lipinski definition) is 2. The average molecular weight is 389 g/mol. The summed E-state index contributed by atoms with van der Waals surface area (Å²) in [6.07, 6.45) is 0.618. The molecule has 1 aliphatic rings. The zero-order chi connectivity index (χ0) is 19.9. The van der Waals surface area contributed by atoms with Gasteiger partial charge in [0.05, 0.1) is 6.54 Å². The summed E-state index contributed by atoms with van der Waals surface area (Å²) in [5, 5.41) is 2.90. The zero-order valence-electron chi connectivity index (χ0n) is 15.6. The van der Waals surface area contributed by atoms with E-state index >= 15 is 0 Å². The first kappa shape index (κ1) is 20.2. The Labute approximate surface area is 163 Å². The van der Waals surface area contributed by atoms with Gasteiger partial charge in [0.2, 0.25) is 5.91 Å². The molecule has 1 heterocycles. The first-order valence-corrected chi connectivity index (χ1v) is 9.34. The number of ether oxygens (including phenoxy) is 1. The Balaban J connectivity index is 1.40. The van der Waals surface area contributed by atoms with Crippen LogP contribution in [0.15, 0.2) is 54.6 Å². The number of halogens is 2. The molecule has 2 aromatic rings. The molecule has 0 aromatic heterocycles. The van der Waals surface area contributed by atoms with Gasteiger partial charge in [-0.05, 0) is 29.7 Å². The van der Waals surface area contributed by atoms with Crippen molar-refractivity contribution >= 4 is 5.91 Å². The number of carbonyl (C=O) groups is 1. The highest BCUT2D eigenvalue weighted by Gasteiger charge is 2.31. The maximum atomic E-state index is 12.2. The van der Waals surface area contributed by atoms with Crippen molar-refractivity contribution in [3.05, 3.63) is 65.7 Å². The van der Waals surface area contributed by atoms with Gasteiger partial charge in [-0.3, -0.25) is 9.69 Å². The lowest BCUT2D eigenvalue weighted by Gasteiger charge is -2.16. The Morgan fingerprint density at radius 3 is 2.54 bits per heavy atom. The second-order valence-corrected chi connectivity index (χ2v) is 7.00. The Kier molecular flexibility index (Phi) is 6.95. The van der Waals surface area contributed by atoms with Crippen molar-refractivity contribution in [1.29, 1.82) is 0 Å². The molecule has 1 amide bonds. The molecular formula is C21H25F2N3O2. The summed E-state index contributed by atoms with van der Waals surface area (Å²) in [4.78, 5) is 14.3. The van der Waals surface area contributed by atoms with Crippen molar-refractivity contribution in [2.24, 2.45) is 5.73 Å². The van der Waals surface area contributed by atoms with E-state index in [1.54, 1.807) is 12.1 Å². The van der Waals surface area contributed by atoms with E-state index in [4.69, 9.17) is 5.73 Å². The van der Waals surface area contributed by atoms with Gasteiger partial charge in [-0.1, -0.05) is 42.5 Å². The number of alkyl halides is 2. The predicted octanol–water partition coefficient (Wildman–Crippen LogP) is 2.37. The standard InChI is InChI=1S/C21H25F2N3O2/c22-21(23)28-17-8-6-15(7-9-17)10-11-25-20(27)14-26-12-18(19(24)13-26)16-4-2-1-3-5-16/h1-9,18-19,21H,10-14,24H2,(H,25,27)/t18-,19+/m0/s1. The number of rotatable bonds is 8. The van der Waals surface area contributed by atoms with Crippen LogP contribution in [0.4, 0.5) is 8.78 Å². The molecular weight excluding hydrogens is 364 g/mol. The summed E-state index contributed by atoms with van der Waals surface area (Å²) < 4.78 is 28.6. The highest BCUT2D eigenvalue weighted by atomic mass is 19.3. The zero-order valence-corrected chi connectivity index (χ0v) is 15.6. The monoisotopic (exact) mass is 389 g/mol. The molecule has 0 aliphatic carbocycles. The molecule has 1 aliphatic heterocycles. The SMILES string of the molecule is N[C@@H]1CN(CC(=O)NCCc2ccc(OC(F)F)cc2)C[C@H]1c1ccccc1. The third kappa shape index (κ3) is 5.74.